The summed E-state index contributed by atoms with van der Waals surface area (Å²) < 4.78 is 29.5. The molecule has 0 amide bonds. The van der Waals surface area contributed by atoms with Gasteiger partial charge in [0.15, 0.2) is 0 Å². The molecule has 24 aromatic carbocycles. The standard InChI is InChI=1S/C138H82N4O4/c1-7-39-85(40-8-1)139(86-41-9-2-10-42-86)119-81-118-134(133-103(119)71-69-102-98-58-24-34-68-126(98)146-136(102)133)129-104-72-70-101-97-57-23-33-67-125(97)145-135(101)132(104)122(82-117(129)138(118)113-63-29-21-55-95(113)96-56-22-30-64-114(96)138)142(90-49-17-6-18-50-90)92-52-36-38-84(74-92)83-37-35-51-91(73-83)141(89-47-15-5-16-48-89)121-80-116-131(110-76-108-100-60-26-32-66-124(100)144-128(108)78-106(110)121)130-109-75-107-99-59-25-31-65-123(99)143-127(107)77-105(109)120(140(87-43-11-3-12-44-87)88-45-13-4-14-46-88)79-115(130)137(116)111-61-27-19-53-93(111)94-54-20-28-62-112(94)137/h1-82H. The Morgan fingerprint density at radius 3 is 0.801 bits per heavy atom. The van der Waals surface area contributed by atoms with E-state index < -0.39 is 10.8 Å². The average molecular weight is 1860 g/mol. The van der Waals surface area contributed by atoms with Crippen LogP contribution in [0.5, 0.6) is 0 Å². The first kappa shape index (κ1) is 80.5. The van der Waals surface area contributed by atoms with Crippen LogP contribution in [-0.2, 0) is 10.8 Å². The zero-order valence-electron chi connectivity index (χ0n) is 78.8. The van der Waals surface area contributed by atoms with Crippen molar-refractivity contribution in [1.82, 2.24) is 0 Å². The molecule has 28 aromatic rings. The molecule has 0 saturated carbocycles. The van der Waals surface area contributed by atoms with Crippen molar-refractivity contribution in [3.63, 3.8) is 0 Å². The molecule has 4 aromatic heterocycles. The highest BCUT2D eigenvalue weighted by Gasteiger charge is 2.57. The van der Waals surface area contributed by atoms with Gasteiger partial charge in [-0.15, -0.1) is 0 Å². The fourth-order valence-corrected chi connectivity index (χ4v) is 26.3. The predicted molar refractivity (Wildman–Crippen MR) is 602 cm³/mol. The molecule has 4 aliphatic carbocycles. The van der Waals surface area contributed by atoms with E-state index in [4.69, 9.17) is 17.7 Å². The maximum atomic E-state index is 7.63. The summed E-state index contributed by atoms with van der Waals surface area (Å²) in [6.45, 7) is 0. The number of rotatable bonds is 13. The first-order chi connectivity index (χ1) is 72.4. The number of hydrogen-bond donors (Lipinski definition) is 0. The van der Waals surface area contributed by atoms with Crippen LogP contribution in [0.4, 0.5) is 68.2 Å². The summed E-state index contributed by atoms with van der Waals surface area (Å²) in [5, 5.41) is 16.8. The highest BCUT2D eigenvalue weighted by Crippen LogP contribution is 2.71. The highest BCUT2D eigenvalue weighted by molar-refractivity contribution is 6.31. The third-order valence-corrected chi connectivity index (χ3v) is 32.1. The van der Waals surface area contributed by atoms with E-state index >= 15 is 0 Å². The van der Waals surface area contributed by atoms with Crippen molar-refractivity contribution >= 4 is 199 Å². The lowest BCUT2D eigenvalue weighted by molar-refractivity contribution is 0.669. The van der Waals surface area contributed by atoms with Crippen molar-refractivity contribution in [2.45, 2.75) is 10.8 Å². The lowest BCUT2D eigenvalue weighted by Crippen LogP contribution is -2.26. The number of benzene rings is 24. The molecule has 8 nitrogen and oxygen atoms in total. The number of furan rings is 4. The van der Waals surface area contributed by atoms with Crippen LogP contribution in [0.2, 0.25) is 0 Å². The van der Waals surface area contributed by atoms with Crippen LogP contribution in [0.25, 0.3) is 186 Å². The van der Waals surface area contributed by atoms with Crippen molar-refractivity contribution in [1.29, 1.82) is 0 Å². The molecule has 32 rings (SSSR count). The van der Waals surface area contributed by atoms with Gasteiger partial charge in [-0.1, -0.05) is 315 Å². The van der Waals surface area contributed by atoms with E-state index in [1.807, 2.05) is 0 Å². The van der Waals surface area contributed by atoms with Gasteiger partial charge in [0.1, 0.15) is 44.7 Å². The Morgan fingerprint density at radius 2 is 0.418 bits per heavy atom. The number of nitrogens with zero attached hydrogens (tertiary/aromatic N) is 4. The average Bonchev–Trinajstić information content (AvgIpc) is 1.49. The second kappa shape index (κ2) is 30.6. The van der Waals surface area contributed by atoms with Gasteiger partial charge < -0.3 is 37.3 Å². The van der Waals surface area contributed by atoms with E-state index in [1.165, 1.54) is 66.8 Å². The Kier molecular flexibility index (Phi) is 16.9. The number of fused-ring (bicyclic) bond motifs is 42. The summed E-state index contributed by atoms with van der Waals surface area (Å²) in [4.78, 5) is 9.97. The second-order valence-electron chi connectivity index (χ2n) is 39.3. The number of para-hydroxylation sites is 10. The van der Waals surface area contributed by atoms with Crippen molar-refractivity contribution in [2.24, 2.45) is 0 Å². The molecule has 0 bridgehead atoms. The van der Waals surface area contributed by atoms with Gasteiger partial charge in [0.05, 0.1) is 33.6 Å². The Bertz CT molecular complexity index is 10300. The Labute approximate surface area is 838 Å². The van der Waals surface area contributed by atoms with Crippen LogP contribution in [-0.4, -0.2) is 0 Å². The van der Waals surface area contributed by atoms with E-state index in [1.54, 1.807) is 0 Å². The van der Waals surface area contributed by atoms with Gasteiger partial charge in [0, 0.05) is 116 Å². The van der Waals surface area contributed by atoms with E-state index in [0.717, 1.165) is 232 Å². The summed E-state index contributed by atoms with van der Waals surface area (Å²) in [5.41, 5.74) is 37.8. The maximum Gasteiger partial charge on any atom is 0.145 e. The normalized spacial score (nSPS) is 13.2. The molecule has 4 heterocycles. The molecule has 4 aliphatic rings. The third kappa shape index (κ3) is 11.1. The van der Waals surface area contributed by atoms with Crippen LogP contribution >= 0.6 is 0 Å². The Balaban J connectivity index is 0.652. The molecule has 0 aliphatic heterocycles. The van der Waals surface area contributed by atoms with Gasteiger partial charge in [-0.25, -0.2) is 0 Å². The van der Waals surface area contributed by atoms with Gasteiger partial charge in [0.25, 0.3) is 0 Å². The highest BCUT2D eigenvalue weighted by atomic mass is 16.3. The molecule has 678 valence electrons. The molecule has 0 fully saturated rings. The smallest absolute Gasteiger partial charge is 0.145 e. The second-order valence-corrected chi connectivity index (χ2v) is 39.3. The van der Waals surface area contributed by atoms with Gasteiger partial charge in [-0.3, -0.25) is 0 Å². The number of hydrogen-bond acceptors (Lipinski definition) is 8. The molecule has 0 unspecified atom stereocenters. The van der Waals surface area contributed by atoms with Crippen molar-refractivity contribution in [3.8, 4) is 55.6 Å². The maximum absolute atomic E-state index is 7.63. The minimum atomic E-state index is -0.942. The minimum absolute atomic E-state index is 0.799. The van der Waals surface area contributed by atoms with Crippen LogP contribution in [0, 0.1) is 0 Å². The Morgan fingerprint density at radius 1 is 0.144 bits per heavy atom. The zero-order valence-corrected chi connectivity index (χ0v) is 78.8. The van der Waals surface area contributed by atoms with E-state index in [2.05, 4.69) is 517 Å². The monoisotopic (exact) mass is 1860 g/mol. The van der Waals surface area contributed by atoms with Crippen LogP contribution in [0.1, 0.15) is 44.5 Å². The topological polar surface area (TPSA) is 65.5 Å². The molecule has 0 atom stereocenters. The van der Waals surface area contributed by atoms with Gasteiger partial charge in [-0.2, -0.15) is 0 Å². The Hall–Kier alpha value is -19.3. The lowest BCUT2D eigenvalue weighted by Gasteiger charge is -2.34. The van der Waals surface area contributed by atoms with Crippen molar-refractivity contribution in [2.75, 3.05) is 19.6 Å². The van der Waals surface area contributed by atoms with Crippen LogP contribution in [0.15, 0.2) is 515 Å². The van der Waals surface area contributed by atoms with E-state index in [0.29, 0.717) is 0 Å². The fraction of sp³-hybridized carbons (Fsp3) is 0.0145. The fourth-order valence-electron chi connectivity index (χ4n) is 26.3. The quantitative estimate of drug-likeness (QED) is 0.113. The lowest BCUT2D eigenvalue weighted by atomic mass is 9.70. The largest absolute Gasteiger partial charge is 0.456 e. The van der Waals surface area contributed by atoms with Crippen molar-refractivity contribution < 1.29 is 17.7 Å². The molecular weight excluding hydrogens is 1780 g/mol. The molecule has 0 N–H and O–H groups in total. The van der Waals surface area contributed by atoms with Crippen LogP contribution in [0.3, 0.4) is 0 Å². The van der Waals surface area contributed by atoms with E-state index in [-0.39, 0.29) is 0 Å². The van der Waals surface area contributed by atoms with Gasteiger partial charge in [0.2, 0.25) is 0 Å². The molecular formula is C138H82N4O4. The third-order valence-electron chi connectivity index (χ3n) is 32.1. The first-order valence-corrected chi connectivity index (χ1v) is 50.2. The summed E-state index contributed by atoms with van der Waals surface area (Å²) >= 11 is 0. The van der Waals surface area contributed by atoms with Gasteiger partial charge >= 0.3 is 0 Å². The van der Waals surface area contributed by atoms with E-state index in [9.17, 15) is 0 Å². The minimum Gasteiger partial charge on any atom is -0.456 e. The predicted octanol–water partition coefficient (Wildman–Crippen LogP) is 38.1. The van der Waals surface area contributed by atoms with Crippen molar-refractivity contribution in [3.05, 3.63) is 542 Å². The molecule has 2 spiro atoms. The molecule has 8 heteroatoms. The van der Waals surface area contributed by atoms with Crippen LogP contribution < -0.4 is 19.6 Å². The zero-order chi connectivity index (χ0) is 95.3. The summed E-state index contributed by atoms with van der Waals surface area (Å²) in [5.74, 6) is 0. The molecule has 146 heavy (non-hydrogen) atoms. The summed E-state index contributed by atoms with van der Waals surface area (Å²) in [6.07, 6.45) is 0. The summed E-state index contributed by atoms with van der Waals surface area (Å²) in [6, 6.07) is 184. The number of anilines is 12. The molecule has 0 saturated heterocycles. The first-order valence-electron chi connectivity index (χ1n) is 50.2. The molecule has 0 radical (unpaired) electrons. The van der Waals surface area contributed by atoms with Gasteiger partial charge in [-0.05, 0) is 298 Å². The SMILES string of the molecule is c1ccc(N(c2ccccc2)c2cc3c(c4cc5c(cc24)oc2ccccc25)-c2c(cc(N(c4ccccc4)c4cccc(-c5cccc(N(c6ccccc6)c6cc7c(c8ccc9c%10ccccc%10oc9c68)-c6c(cc(N(c8ccccc8)c8ccccc8)c8ccc9c%10ccccc%10oc9c68)C76c7ccccc7-c7ccccc76)c5)c4)c4cc5oc6ccccc6c5cc24)C32c3ccccc3-c3ccccc32)cc1. The summed E-state index contributed by atoms with van der Waals surface area (Å²) in [7, 11) is 0.